The minimum Gasteiger partial charge on any atom is -0.334 e. The highest BCUT2D eigenvalue weighted by Crippen LogP contribution is 2.25. The molecule has 142 valence electrons. The summed E-state index contributed by atoms with van der Waals surface area (Å²) in [6.45, 7) is 3.59. The molecule has 1 N–H and O–H groups in total. The summed E-state index contributed by atoms with van der Waals surface area (Å²) < 4.78 is 23.1. The predicted octanol–water partition coefficient (Wildman–Crippen LogP) is 1.41. The first-order chi connectivity index (χ1) is 12.5. The summed E-state index contributed by atoms with van der Waals surface area (Å²) in [5.41, 5.74) is 2.90. The maximum absolute atomic E-state index is 12.4. The molecule has 3 heterocycles. The fourth-order valence-corrected chi connectivity index (χ4v) is 6.11. The Morgan fingerprint density at radius 2 is 1.77 bits per heavy atom. The highest BCUT2D eigenvalue weighted by Gasteiger charge is 2.32. The molecule has 6 nitrogen and oxygen atoms in total. The van der Waals surface area contributed by atoms with Crippen LogP contribution in [0.1, 0.15) is 30.4 Å². The number of nitrogens with zero attached hydrogens (tertiary/aromatic N) is 2. The summed E-state index contributed by atoms with van der Waals surface area (Å²) in [4.78, 5) is 16.8. The van der Waals surface area contributed by atoms with E-state index in [1.165, 1.54) is 11.1 Å². The molecule has 26 heavy (non-hydrogen) atoms. The second-order valence-electron chi connectivity index (χ2n) is 7.76. The molecular weight excluding hydrogens is 350 g/mol. The Morgan fingerprint density at radius 1 is 1.04 bits per heavy atom. The number of hydrogen-bond acceptors (Lipinski definition) is 4. The van der Waals surface area contributed by atoms with E-state index in [0.717, 1.165) is 45.4 Å². The number of rotatable bonds is 2. The number of amides is 2. The first-order valence-corrected chi connectivity index (χ1v) is 11.4. The molecule has 2 saturated heterocycles. The average molecular weight is 378 g/mol. The number of piperidine rings is 1. The van der Waals surface area contributed by atoms with Gasteiger partial charge in [-0.15, -0.1) is 0 Å². The maximum Gasteiger partial charge on any atom is 0.317 e. The van der Waals surface area contributed by atoms with Crippen molar-refractivity contribution >= 4 is 15.9 Å². The van der Waals surface area contributed by atoms with Crippen LogP contribution < -0.4 is 5.32 Å². The third-order valence-corrected chi connectivity index (χ3v) is 7.76. The van der Waals surface area contributed by atoms with Gasteiger partial charge in [0.15, 0.2) is 9.84 Å². The maximum atomic E-state index is 12.4. The second-order valence-corrected chi connectivity index (χ2v) is 9.99. The number of carbonyl (C=O) groups is 1. The molecule has 1 atom stereocenters. The molecule has 0 saturated carbocycles. The molecule has 1 aromatic rings. The van der Waals surface area contributed by atoms with Gasteiger partial charge in [-0.2, -0.15) is 0 Å². The lowest BCUT2D eigenvalue weighted by Gasteiger charge is -2.40. The largest absolute Gasteiger partial charge is 0.334 e. The van der Waals surface area contributed by atoms with Gasteiger partial charge in [-0.1, -0.05) is 24.3 Å². The zero-order valence-corrected chi connectivity index (χ0v) is 15.9. The molecule has 7 heteroatoms. The van der Waals surface area contributed by atoms with Crippen molar-refractivity contribution in [3.05, 3.63) is 35.4 Å². The van der Waals surface area contributed by atoms with Crippen molar-refractivity contribution in [3.8, 4) is 0 Å². The smallest absolute Gasteiger partial charge is 0.317 e. The van der Waals surface area contributed by atoms with Gasteiger partial charge in [-0.3, -0.25) is 4.90 Å². The van der Waals surface area contributed by atoms with Gasteiger partial charge in [0.2, 0.25) is 0 Å². The van der Waals surface area contributed by atoms with Crippen molar-refractivity contribution in [3.63, 3.8) is 0 Å². The Morgan fingerprint density at radius 3 is 2.46 bits per heavy atom. The van der Waals surface area contributed by atoms with Crippen LogP contribution in [-0.4, -0.2) is 67.5 Å². The minimum atomic E-state index is -2.96. The Labute approximate surface area is 155 Å². The second kappa shape index (κ2) is 7.19. The fraction of sp³-hybridized carbons (Fsp3) is 0.632. The van der Waals surface area contributed by atoms with Gasteiger partial charge in [-0.25, -0.2) is 13.2 Å². The van der Waals surface area contributed by atoms with Gasteiger partial charge >= 0.3 is 6.03 Å². The van der Waals surface area contributed by atoms with Crippen molar-refractivity contribution in [2.45, 2.75) is 44.3 Å². The van der Waals surface area contributed by atoms with Crippen LogP contribution in [0, 0.1) is 0 Å². The summed E-state index contributed by atoms with van der Waals surface area (Å²) in [5.74, 6) is 0.277. The van der Waals surface area contributed by atoms with Gasteiger partial charge in [0.25, 0.3) is 0 Å². The summed E-state index contributed by atoms with van der Waals surface area (Å²) >= 11 is 0. The van der Waals surface area contributed by atoms with Crippen LogP contribution in [0.25, 0.3) is 0 Å². The zero-order chi connectivity index (χ0) is 18.1. The van der Waals surface area contributed by atoms with Crippen LogP contribution in [0.4, 0.5) is 4.79 Å². The molecule has 0 bridgehead atoms. The molecular formula is C19H27N3O3S. The molecule has 3 aliphatic heterocycles. The van der Waals surface area contributed by atoms with E-state index in [1.54, 1.807) is 0 Å². The van der Waals surface area contributed by atoms with Gasteiger partial charge in [0.05, 0.1) is 11.5 Å². The minimum absolute atomic E-state index is 0.0857. The Balaban J connectivity index is 1.27. The number of hydrogen-bond donors (Lipinski definition) is 1. The highest BCUT2D eigenvalue weighted by atomic mass is 32.2. The van der Waals surface area contributed by atoms with E-state index in [4.69, 9.17) is 0 Å². The number of likely N-dealkylation sites (tertiary alicyclic amines) is 1. The first-order valence-electron chi connectivity index (χ1n) is 9.57. The molecule has 2 amide bonds. The van der Waals surface area contributed by atoms with Crippen molar-refractivity contribution in [1.82, 2.24) is 15.1 Å². The van der Waals surface area contributed by atoms with Gasteiger partial charge in [0, 0.05) is 38.3 Å². The monoisotopic (exact) mass is 377 g/mol. The SMILES string of the molecule is O=C(N[C@H]1CCS(=O)(=O)C1)N1CCC(N2CCc3ccccc3C2)CC1. The summed E-state index contributed by atoms with van der Waals surface area (Å²) in [6, 6.07) is 8.88. The molecule has 1 aromatic carbocycles. The third-order valence-electron chi connectivity index (χ3n) is 5.99. The van der Waals surface area contributed by atoms with Crippen molar-refractivity contribution < 1.29 is 13.2 Å². The number of nitrogens with one attached hydrogen (secondary N) is 1. The van der Waals surface area contributed by atoms with Crippen LogP contribution in [0.5, 0.6) is 0 Å². The summed E-state index contributed by atoms with van der Waals surface area (Å²) in [6.07, 6.45) is 3.61. The van der Waals surface area contributed by atoms with E-state index in [0.29, 0.717) is 12.5 Å². The number of fused-ring (bicyclic) bond motifs is 1. The quantitative estimate of drug-likeness (QED) is 0.846. The van der Waals surface area contributed by atoms with Crippen LogP contribution in [0.15, 0.2) is 24.3 Å². The number of urea groups is 1. The van der Waals surface area contributed by atoms with E-state index < -0.39 is 9.84 Å². The molecule has 3 aliphatic rings. The standard InChI is InChI=1S/C19H27N3O3S/c23-19(20-17-8-12-26(24,25)14-17)21-10-6-18(7-11-21)22-9-5-15-3-1-2-4-16(15)13-22/h1-4,17-18H,5-14H2,(H,20,23)/t17-/m0/s1. The van der Waals surface area contributed by atoms with Crippen molar-refractivity contribution in [2.24, 2.45) is 0 Å². The van der Waals surface area contributed by atoms with Crippen molar-refractivity contribution in [1.29, 1.82) is 0 Å². The lowest BCUT2D eigenvalue weighted by atomic mass is 9.95. The number of sulfone groups is 1. The highest BCUT2D eigenvalue weighted by molar-refractivity contribution is 7.91. The van der Waals surface area contributed by atoms with E-state index in [-0.39, 0.29) is 23.6 Å². The van der Waals surface area contributed by atoms with E-state index in [2.05, 4.69) is 34.5 Å². The van der Waals surface area contributed by atoms with Gasteiger partial charge in [0.1, 0.15) is 0 Å². The molecule has 0 aliphatic carbocycles. The van der Waals surface area contributed by atoms with E-state index >= 15 is 0 Å². The molecule has 0 spiro atoms. The van der Waals surface area contributed by atoms with E-state index in [1.807, 2.05) is 4.90 Å². The fourth-order valence-electron chi connectivity index (χ4n) is 4.44. The van der Waals surface area contributed by atoms with Crippen LogP contribution in [-0.2, 0) is 22.8 Å². The van der Waals surface area contributed by atoms with Crippen LogP contribution in [0.3, 0.4) is 0 Å². The normalized spacial score (nSPS) is 26.5. The first kappa shape index (κ1) is 17.8. The summed E-state index contributed by atoms with van der Waals surface area (Å²) in [7, 11) is -2.96. The molecule has 0 aromatic heterocycles. The van der Waals surface area contributed by atoms with Gasteiger partial charge in [-0.05, 0) is 36.8 Å². The Kier molecular flexibility index (Phi) is 4.92. The number of carbonyl (C=O) groups excluding carboxylic acids is 1. The van der Waals surface area contributed by atoms with Crippen LogP contribution in [0.2, 0.25) is 0 Å². The molecule has 2 fully saturated rings. The topological polar surface area (TPSA) is 69.7 Å². The molecule has 0 radical (unpaired) electrons. The lowest BCUT2D eigenvalue weighted by molar-refractivity contribution is 0.106. The third kappa shape index (κ3) is 3.88. The average Bonchev–Trinajstić information content (AvgIpc) is 2.99. The van der Waals surface area contributed by atoms with Crippen LogP contribution >= 0.6 is 0 Å². The molecule has 4 rings (SSSR count). The lowest BCUT2D eigenvalue weighted by Crippen LogP contribution is -2.52. The number of benzene rings is 1. The van der Waals surface area contributed by atoms with Gasteiger partial charge < -0.3 is 10.2 Å². The Bertz CT molecular complexity index is 772. The summed E-state index contributed by atoms with van der Waals surface area (Å²) in [5, 5.41) is 2.91. The van der Waals surface area contributed by atoms with E-state index in [9.17, 15) is 13.2 Å². The Hall–Kier alpha value is -1.60. The predicted molar refractivity (Wildman–Crippen MR) is 101 cm³/mol. The molecule has 0 unspecified atom stereocenters. The van der Waals surface area contributed by atoms with Crippen molar-refractivity contribution in [2.75, 3.05) is 31.1 Å². The zero-order valence-electron chi connectivity index (χ0n) is 15.1.